The molecule has 2 aromatic heterocycles. The van der Waals surface area contributed by atoms with Crippen molar-refractivity contribution in [3.63, 3.8) is 0 Å². The second-order valence-electron chi connectivity index (χ2n) is 5.91. The van der Waals surface area contributed by atoms with Crippen LogP contribution in [0.3, 0.4) is 0 Å². The van der Waals surface area contributed by atoms with E-state index >= 15 is 0 Å². The maximum Gasteiger partial charge on any atom is 0.258 e. The van der Waals surface area contributed by atoms with Crippen LogP contribution in [-0.4, -0.2) is 17.8 Å². The summed E-state index contributed by atoms with van der Waals surface area (Å²) in [5.41, 5.74) is 1.39. The quantitative estimate of drug-likeness (QED) is 0.725. The second-order valence-corrected chi connectivity index (χ2v) is 9.24. The Morgan fingerprint density at radius 1 is 1.38 bits per heavy atom. The predicted octanol–water partition coefficient (Wildman–Crippen LogP) is 3.96. The van der Waals surface area contributed by atoms with Crippen LogP contribution in [0.2, 0.25) is 5.02 Å². The highest BCUT2D eigenvalue weighted by Gasteiger charge is 2.27. The second kappa shape index (κ2) is 6.48. The maximum absolute atomic E-state index is 12.9. The lowest BCUT2D eigenvalue weighted by Crippen LogP contribution is -2.25. The third-order valence-corrected chi connectivity index (χ3v) is 6.15. The minimum atomic E-state index is -3.70. The smallest absolute Gasteiger partial charge is 0.258 e. The standard InChI is InChI=1S/C16H18ClN3O2S2/c1-10(2)14-15(20-9-11(3)23-16(20)19-14)24(21,22)18-8-12-5-4-6-13(17)7-12/h4-7,9-10,18H,8H2,1-3H3. The van der Waals surface area contributed by atoms with Crippen molar-refractivity contribution in [3.8, 4) is 0 Å². The summed E-state index contributed by atoms with van der Waals surface area (Å²) in [4.78, 5) is 6.22. The molecule has 3 aromatic rings. The number of nitrogens with one attached hydrogen (secondary N) is 1. The van der Waals surface area contributed by atoms with Gasteiger partial charge in [-0.2, -0.15) is 0 Å². The van der Waals surface area contributed by atoms with Gasteiger partial charge >= 0.3 is 0 Å². The minimum absolute atomic E-state index is 0.00940. The molecule has 128 valence electrons. The molecule has 24 heavy (non-hydrogen) atoms. The van der Waals surface area contributed by atoms with Crippen molar-refractivity contribution in [2.75, 3.05) is 0 Å². The highest BCUT2D eigenvalue weighted by atomic mass is 35.5. The first-order chi connectivity index (χ1) is 11.3. The molecule has 2 heterocycles. The van der Waals surface area contributed by atoms with E-state index < -0.39 is 10.0 Å². The van der Waals surface area contributed by atoms with Crippen LogP contribution < -0.4 is 4.72 Å². The van der Waals surface area contributed by atoms with E-state index in [-0.39, 0.29) is 17.5 Å². The van der Waals surface area contributed by atoms with Gasteiger partial charge < -0.3 is 0 Å². The molecule has 1 N–H and O–H groups in total. The number of hydrogen-bond donors (Lipinski definition) is 1. The van der Waals surface area contributed by atoms with Crippen molar-refractivity contribution in [3.05, 3.63) is 51.6 Å². The number of thiazole rings is 1. The molecule has 0 spiro atoms. The highest BCUT2D eigenvalue weighted by Crippen LogP contribution is 2.28. The van der Waals surface area contributed by atoms with Crippen LogP contribution in [0, 0.1) is 6.92 Å². The van der Waals surface area contributed by atoms with E-state index in [0.29, 0.717) is 15.7 Å². The molecule has 0 saturated heterocycles. The van der Waals surface area contributed by atoms with Gasteiger partial charge in [-0.3, -0.25) is 4.40 Å². The van der Waals surface area contributed by atoms with Gasteiger partial charge in [0, 0.05) is 22.6 Å². The number of imidazole rings is 1. The molecule has 0 bridgehead atoms. The molecule has 0 aliphatic heterocycles. The zero-order valence-electron chi connectivity index (χ0n) is 13.6. The van der Waals surface area contributed by atoms with Gasteiger partial charge in [0.25, 0.3) is 10.0 Å². The van der Waals surface area contributed by atoms with Gasteiger partial charge in [-0.05, 0) is 30.5 Å². The first-order valence-electron chi connectivity index (χ1n) is 7.50. The molecule has 8 heteroatoms. The lowest BCUT2D eigenvalue weighted by Gasteiger charge is -2.10. The van der Waals surface area contributed by atoms with Crippen molar-refractivity contribution in [1.29, 1.82) is 0 Å². The summed E-state index contributed by atoms with van der Waals surface area (Å²) in [6.45, 7) is 5.99. The average Bonchev–Trinajstić information content (AvgIpc) is 3.01. The van der Waals surface area contributed by atoms with Crippen LogP contribution in [-0.2, 0) is 16.6 Å². The molecule has 1 aromatic carbocycles. The predicted molar refractivity (Wildman–Crippen MR) is 97.4 cm³/mol. The van der Waals surface area contributed by atoms with Crippen LogP contribution in [0.4, 0.5) is 0 Å². The molecule has 5 nitrogen and oxygen atoms in total. The number of aryl methyl sites for hydroxylation is 1. The fourth-order valence-corrected chi connectivity index (χ4v) is 5.04. The van der Waals surface area contributed by atoms with Gasteiger partial charge in [-0.25, -0.2) is 18.1 Å². The zero-order chi connectivity index (χ0) is 17.5. The van der Waals surface area contributed by atoms with E-state index in [0.717, 1.165) is 10.4 Å². The van der Waals surface area contributed by atoms with Crippen molar-refractivity contribution in [2.45, 2.75) is 38.3 Å². The molecule has 0 aliphatic carbocycles. The number of hydrogen-bond acceptors (Lipinski definition) is 4. The van der Waals surface area contributed by atoms with Crippen molar-refractivity contribution in [2.24, 2.45) is 0 Å². The van der Waals surface area contributed by atoms with Gasteiger partial charge in [-0.15, -0.1) is 11.3 Å². The first kappa shape index (κ1) is 17.4. The van der Waals surface area contributed by atoms with E-state index in [9.17, 15) is 8.42 Å². The molecular formula is C16H18ClN3O2S2. The Labute approximate surface area is 150 Å². The Balaban J connectivity index is 1.99. The first-order valence-corrected chi connectivity index (χ1v) is 10.2. The summed E-state index contributed by atoms with van der Waals surface area (Å²) in [6.07, 6.45) is 1.81. The van der Waals surface area contributed by atoms with E-state index in [1.165, 1.54) is 11.3 Å². The lowest BCUT2D eigenvalue weighted by molar-refractivity contribution is 0.573. The van der Waals surface area contributed by atoms with Gasteiger partial charge in [-0.1, -0.05) is 37.6 Å². The molecule has 0 saturated carbocycles. The summed E-state index contributed by atoms with van der Waals surface area (Å²) in [7, 11) is -3.70. The largest absolute Gasteiger partial charge is 0.279 e. The molecule has 0 fully saturated rings. The summed E-state index contributed by atoms with van der Waals surface area (Å²) >= 11 is 7.43. The van der Waals surface area contributed by atoms with Gasteiger partial charge in [0.15, 0.2) is 9.99 Å². The number of halogens is 1. The van der Waals surface area contributed by atoms with Crippen LogP contribution in [0.5, 0.6) is 0 Å². The fraction of sp³-hybridized carbons (Fsp3) is 0.312. The molecule has 3 rings (SSSR count). The van der Waals surface area contributed by atoms with Gasteiger partial charge in [0.2, 0.25) is 0 Å². The lowest BCUT2D eigenvalue weighted by atomic mass is 10.2. The topological polar surface area (TPSA) is 63.5 Å². The van der Waals surface area contributed by atoms with Crippen molar-refractivity contribution >= 4 is 37.9 Å². The monoisotopic (exact) mass is 383 g/mol. The number of aromatic nitrogens is 2. The number of nitrogens with zero attached hydrogens (tertiary/aromatic N) is 2. The number of rotatable bonds is 5. The molecule has 0 amide bonds. The highest BCUT2D eigenvalue weighted by molar-refractivity contribution is 7.89. The summed E-state index contributed by atoms with van der Waals surface area (Å²) in [5, 5.41) is 0.800. The minimum Gasteiger partial charge on any atom is -0.279 e. The molecule has 0 radical (unpaired) electrons. The third-order valence-electron chi connectivity index (χ3n) is 3.58. The number of sulfonamides is 1. The molecule has 0 unspecified atom stereocenters. The van der Waals surface area contributed by atoms with Crippen LogP contribution in [0.1, 0.15) is 35.9 Å². The Bertz CT molecular complexity index is 990. The van der Waals surface area contributed by atoms with Gasteiger partial charge in [0.1, 0.15) is 0 Å². The number of benzene rings is 1. The Hall–Kier alpha value is -1.41. The molecule has 0 aliphatic rings. The average molecular weight is 384 g/mol. The van der Waals surface area contributed by atoms with E-state index in [1.807, 2.05) is 33.0 Å². The van der Waals surface area contributed by atoms with E-state index in [1.54, 1.807) is 22.6 Å². The summed E-state index contributed by atoms with van der Waals surface area (Å²) < 4.78 is 30.1. The Morgan fingerprint density at radius 3 is 2.79 bits per heavy atom. The molecule has 0 atom stereocenters. The third kappa shape index (κ3) is 3.35. The van der Waals surface area contributed by atoms with Crippen molar-refractivity contribution < 1.29 is 8.42 Å². The number of fused-ring (bicyclic) bond motifs is 1. The summed E-state index contributed by atoms with van der Waals surface area (Å²) in [6, 6.07) is 7.13. The SMILES string of the molecule is Cc1cn2c(S(=O)(=O)NCc3cccc(Cl)c3)c(C(C)C)nc2s1. The summed E-state index contributed by atoms with van der Waals surface area (Å²) in [5.74, 6) is 0.00940. The van der Waals surface area contributed by atoms with Crippen LogP contribution >= 0.6 is 22.9 Å². The molecular weight excluding hydrogens is 366 g/mol. The van der Waals surface area contributed by atoms with Crippen molar-refractivity contribution in [1.82, 2.24) is 14.1 Å². The normalized spacial score (nSPS) is 12.4. The maximum atomic E-state index is 12.9. The fourth-order valence-electron chi connectivity index (χ4n) is 2.49. The van der Waals surface area contributed by atoms with Crippen LogP contribution in [0.15, 0.2) is 35.5 Å². The van der Waals surface area contributed by atoms with Gasteiger partial charge in [0.05, 0.1) is 5.69 Å². The Kier molecular flexibility index (Phi) is 4.70. The van der Waals surface area contributed by atoms with E-state index in [2.05, 4.69) is 9.71 Å². The van der Waals surface area contributed by atoms with Crippen LogP contribution in [0.25, 0.3) is 4.96 Å². The van der Waals surface area contributed by atoms with E-state index in [4.69, 9.17) is 11.6 Å². The zero-order valence-corrected chi connectivity index (χ0v) is 16.0. The Morgan fingerprint density at radius 2 is 2.12 bits per heavy atom.